The predicted molar refractivity (Wildman–Crippen MR) is 316 cm³/mol. The zero-order valence-electron chi connectivity index (χ0n) is 45.1. The number of cyclic esters (lactones) is 2. The van der Waals surface area contributed by atoms with E-state index >= 15 is 0 Å². The van der Waals surface area contributed by atoms with Gasteiger partial charge in [-0.2, -0.15) is 40.5 Å². The van der Waals surface area contributed by atoms with E-state index < -0.39 is 35.8 Å². The maximum atomic E-state index is 11.6. The van der Waals surface area contributed by atoms with Crippen LogP contribution in [-0.2, 0) is 72.1 Å². The molecule has 3 atom stereocenters. The number of halogens is 1. The molecule has 1 unspecified atom stereocenters. The van der Waals surface area contributed by atoms with Crippen LogP contribution in [0, 0.1) is 0 Å². The number of carbonyl (C=O) groups excluding carboxylic acids is 6. The number of carboxylic acid groups (broad SMARTS) is 1. The number of esters is 2. The van der Waals surface area contributed by atoms with Crippen LogP contribution in [-0.4, -0.2) is 103 Å². The summed E-state index contributed by atoms with van der Waals surface area (Å²) in [7, 11) is 0. The maximum Gasteiger partial charge on any atom is 1.00 e. The third-order valence-corrected chi connectivity index (χ3v) is 10.2. The molecule has 0 aromatic heterocycles. The van der Waals surface area contributed by atoms with Gasteiger partial charge in [0.2, 0.25) is 6.10 Å². The fourth-order valence-corrected chi connectivity index (χ4v) is 6.25. The van der Waals surface area contributed by atoms with Gasteiger partial charge in [0.1, 0.15) is 32.0 Å². The van der Waals surface area contributed by atoms with Crippen molar-refractivity contribution in [2.45, 2.75) is 57.7 Å². The smallest absolute Gasteiger partial charge is 0.662 e. The average Bonchev–Trinajstić information content (AvgIpc) is 4.12. The molecule has 3 saturated heterocycles. The molecular weight excluding hydrogens is 1150 g/mol. The van der Waals surface area contributed by atoms with Gasteiger partial charge < -0.3 is 54.5 Å². The van der Waals surface area contributed by atoms with Crippen molar-refractivity contribution in [3.8, 4) is 0 Å². The average molecular weight is 1220 g/mol. The van der Waals surface area contributed by atoms with Crippen LogP contribution >= 0.6 is 52.1 Å². The summed E-state index contributed by atoms with van der Waals surface area (Å²) < 4.78 is 29.0. The molecule has 20 nitrogen and oxygen atoms in total. The molecule has 2 amide bonds. The fraction of sp³-hybridized carbons (Fsp3) is 0.246. The van der Waals surface area contributed by atoms with Gasteiger partial charge in [0.15, 0.2) is 0 Å². The van der Waals surface area contributed by atoms with Crippen molar-refractivity contribution in [2.24, 2.45) is 0 Å². The number of nitrogen functional groups attached to an aromatic ring is 1. The number of carbonyl (C=O) groups is 7. The van der Waals surface area contributed by atoms with E-state index in [9.17, 15) is 28.8 Å². The zero-order valence-corrected chi connectivity index (χ0v) is 50.8. The van der Waals surface area contributed by atoms with Crippen LogP contribution in [0.25, 0.3) is 0 Å². The van der Waals surface area contributed by atoms with Crippen molar-refractivity contribution < 1.29 is 112 Å². The summed E-state index contributed by atoms with van der Waals surface area (Å²) in [5.74, 6) is -1.43. The maximum absolute atomic E-state index is 11.6. The third-order valence-electron chi connectivity index (χ3n) is 10.1. The fourth-order valence-electron chi connectivity index (χ4n) is 6.19. The number of ether oxygens (including phenoxy) is 6. The Balaban J connectivity index is 0. The van der Waals surface area contributed by atoms with Crippen molar-refractivity contribution in [2.75, 3.05) is 48.4 Å². The molecule has 0 radical (unpaired) electrons. The number of hydrogen-bond donors (Lipinski definition) is 3. The SMILES string of the molecule is CCCC(=O)OCC1CO1.Nc1ccccc1.O=C(Cc1ccccc1)OCc1ccccc1.O=C(Cl)OCc1ccccc1.O=C(O)[C@@H]1CN(c2ccccc2)C(=O)O1.O=C1O[C@H](CO)CN1c1ccccc1.O=CO[O-].S.S.S.[Na+]. The molecule has 3 aliphatic heterocycles. The number of nitrogens with two attached hydrogens (primary N) is 1. The van der Waals surface area contributed by atoms with Crippen LogP contribution < -0.4 is 50.3 Å². The van der Waals surface area contributed by atoms with Crippen molar-refractivity contribution in [3.05, 3.63) is 199 Å². The summed E-state index contributed by atoms with van der Waals surface area (Å²) in [5, 5.41) is 26.0. The van der Waals surface area contributed by atoms with E-state index in [0.29, 0.717) is 38.3 Å². The summed E-state index contributed by atoms with van der Waals surface area (Å²) >= 11 is 4.97. The van der Waals surface area contributed by atoms with Gasteiger partial charge in [-0.3, -0.25) is 24.2 Å². The number of aliphatic hydroxyl groups excluding tert-OH is 1. The second-order valence-corrected chi connectivity index (χ2v) is 16.4. The minimum absolute atomic E-state index is 0. The number of epoxide rings is 1. The first kappa shape index (κ1) is 77.3. The monoisotopic (exact) mass is 1220 g/mol. The Morgan fingerprint density at radius 1 is 0.634 bits per heavy atom. The zero-order chi connectivity index (χ0) is 56.8. The van der Waals surface area contributed by atoms with E-state index in [2.05, 4.69) is 14.4 Å². The molecule has 25 heteroatoms. The van der Waals surface area contributed by atoms with Gasteiger partial charge in [-0.15, -0.1) is 0 Å². The molecule has 0 spiro atoms. The first-order chi connectivity index (χ1) is 37.8. The Bertz CT molecular complexity index is 2670. The van der Waals surface area contributed by atoms with E-state index in [1.165, 1.54) is 9.80 Å². The Labute approximate surface area is 524 Å². The van der Waals surface area contributed by atoms with Crippen molar-refractivity contribution in [1.82, 2.24) is 0 Å². The van der Waals surface area contributed by atoms with Crippen molar-refractivity contribution in [1.29, 1.82) is 0 Å². The second kappa shape index (κ2) is 46.8. The van der Waals surface area contributed by atoms with Gasteiger partial charge in [0.25, 0.3) is 6.47 Å². The van der Waals surface area contributed by atoms with Gasteiger partial charge in [-0.1, -0.05) is 153 Å². The van der Waals surface area contributed by atoms with Gasteiger partial charge >= 0.3 is 65.1 Å². The number of aliphatic hydroxyl groups is 1. The quantitative estimate of drug-likeness (QED) is 0.0133. The number of anilines is 3. The van der Waals surface area contributed by atoms with Crippen molar-refractivity contribution in [3.63, 3.8) is 0 Å². The number of hydrogen-bond acceptors (Lipinski definition) is 17. The van der Waals surface area contributed by atoms with Gasteiger partial charge in [-0.25, -0.2) is 19.2 Å². The first-order valence-electron chi connectivity index (χ1n) is 24.1. The number of nitrogens with zero attached hydrogens (tertiary/aromatic N) is 2. The molecule has 3 fully saturated rings. The molecule has 4 N–H and O–H groups in total. The Morgan fingerprint density at radius 3 is 1.39 bits per heavy atom. The van der Waals surface area contributed by atoms with Crippen LogP contribution in [0.4, 0.5) is 31.4 Å². The molecule has 6 aromatic rings. The predicted octanol–water partition coefficient (Wildman–Crippen LogP) is 5.41. The van der Waals surface area contributed by atoms with E-state index in [4.69, 9.17) is 56.5 Å². The minimum Gasteiger partial charge on any atom is -0.662 e. The second-order valence-electron chi connectivity index (χ2n) is 16.1. The summed E-state index contributed by atoms with van der Waals surface area (Å²) in [4.78, 5) is 79.8. The molecule has 3 aliphatic rings. The van der Waals surface area contributed by atoms with Gasteiger partial charge in [0.05, 0.1) is 32.7 Å². The Kier molecular flexibility index (Phi) is 44.1. The molecule has 9 rings (SSSR count). The normalized spacial score (nSPS) is 14.3. The van der Waals surface area contributed by atoms with Gasteiger partial charge in [0, 0.05) is 35.1 Å². The Morgan fingerprint density at radius 2 is 1.04 bits per heavy atom. The molecule has 0 saturated carbocycles. The van der Waals surface area contributed by atoms with Crippen LogP contribution in [0.2, 0.25) is 0 Å². The topological polar surface area (TPSA) is 283 Å². The first-order valence-corrected chi connectivity index (χ1v) is 24.4. The molecule has 0 bridgehead atoms. The third kappa shape index (κ3) is 34.5. The number of carboxylic acids is 1. The van der Waals surface area contributed by atoms with E-state index in [1.54, 1.807) is 24.3 Å². The summed E-state index contributed by atoms with van der Waals surface area (Å²) in [6.45, 7) is 3.88. The molecule has 438 valence electrons. The number of amides is 2. The summed E-state index contributed by atoms with van der Waals surface area (Å²) in [6.07, 6.45) is -0.588. The van der Waals surface area contributed by atoms with Crippen LogP contribution in [0.5, 0.6) is 0 Å². The van der Waals surface area contributed by atoms with Crippen LogP contribution in [0.1, 0.15) is 36.5 Å². The van der Waals surface area contributed by atoms with E-state index in [-0.39, 0.29) is 114 Å². The molecular formula is C57H67ClN3NaO17S3. The summed E-state index contributed by atoms with van der Waals surface area (Å²) in [6, 6.07) is 56.2. The molecule has 6 aromatic carbocycles. The van der Waals surface area contributed by atoms with Crippen molar-refractivity contribution >= 4 is 111 Å². The van der Waals surface area contributed by atoms with Gasteiger partial charge in [-0.05, 0) is 59.5 Å². The number of benzene rings is 6. The minimum atomic E-state index is -1.12. The van der Waals surface area contributed by atoms with Crippen LogP contribution in [0.15, 0.2) is 182 Å². The number of para-hydroxylation sites is 3. The Hall–Kier alpha value is -6.77. The summed E-state index contributed by atoms with van der Waals surface area (Å²) in [5.41, 5.74) is 9.77. The van der Waals surface area contributed by atoms with Crippen LogP contribution in [0.3, 0.4) is 0 Å². The standard InChI is InChI=1S/C15H14O2.C10H9NO4.C10H11NO3.C8H7ClO2.C7H12O3.C6H7N.CH2O3.Na.3H2S/c16-15(11-13-7-3-1-4-8-13)17-12-14-9-5-2-6-10-14;12-9(13)8-6-11(10(14)15-8)7-4-2-1-3-5-7;12-7-9-6-11(10(13)14-9)8-4-2-1-3-5-8;9-8(10)11-6-7-4-2-1-3-5-7;1-2-3-7(8)10-5-6-4-9-6;7-6-4-2-1-3-5-6;2-1-4-3;;;;/h1-10H,11-12H2;1-5,8H,6H2,(H,12,13);1-5,9,12H,6-7H2;1-5H,6H2;6H,2-5H2,1H3;1-5H,7H2;1,3H;;3*1H2/q;;;;;;;+1;;;/p-1/t;8-;9-;;;;;;;;/m.00......../s1. The number of rotatable bonds is 15. The van der Waals surface area contributed by atoms with E-state index in [0.717, 1.165) is 41.1 Å². The van der Waals surface area contributed by atoms with E-state index in [1.807, 2.05) is 165 Å². The molecule has 3 heterocycles. The largest absolute Gasteiger partial charge is 1.00 e. The molecule has 0 aliphatic carbocycles. The number of aliphatic carboxylic acids is 1. The molecule has 82 heavy (non-hydrogen) atoms.